The Hall–Kier alpha value is -4.50. The van der Waals surface area contributed by atoms with E-state index in [0.717, 1.165) is 22.3 Å². The van der Waals surface area contributed by atoms with E-state index in [1.165, 1.54) is 12.1 Å². The average molecular weight is 633 g/mol. The van der Waals surface area contributed by atoms with Crippen LogP contribution in [0, 0.1) is 0 Å². The van der Waals surface area contributed by atoms with Gasteiger partial charge in [-0.25, -0.2) is 0 Å². The molecule has 5 aromatic rings. The molecule has 1 saturated heterocycles. The summed E-state index contributed by atoms with van der Waals surface area (Å²) in [5, 5.41) is 21.2. The van der Waals surface area contributed by atoms with Crippen molar-refractivity contribution in [1.82, 2.24) is 0 Å². The number of rotatable bonds is 14. The minimum Gasteiger partial charge on any atom is -0.508 e. The second-order valence-corrected chi connectivity index (χ2v) is 11.6. The molecule has 5 atom stereocenters. The number of benzene rings is 5. The number of hydrogen-bond acceptors (Lipinski definition) is 7. The SMILES string of the molecule is Oc1ccc([C@@H]2O[C@H](COCc3ccccc3)[C@@H](OCc3ccccc3)[C@H](OCc3ccccc3)[C@H]2OCc2ccccc2)c(O)c1. The van der Waals surface area contributed by atoms with E-state index < -0.39 is 30.5 Å². The van der Waals surface area contributed by atoms with Gasteiger partial charge in [-0.3, -0.25) is 0 Å². The van der Waals surface area contributed by atoms with Crippen LogP contribution in [0.3, 0.4) is 0 Å². The summed E-state index contributed by atoms with van der Waals surface area (Å²) < 4.78 is 33.2. The summed E-state index contributed by atoms with van der Waals surface area (Å²) in [6, 6.07) is 44.3. The van der Waals surface area contributed by atoms with Gasteiger partial charge in [-0.15, -0.1) is 0 Å². The molecule has 1 aliphatic heterocycles. The Labute approximate surface area is 275 Å². The van der Waals surface area contributed by atoms with Crippen LogP contribution in [0.25, 0.3) is 0 Å². The van der Waals surface area contributed by atoms with Crippen LogP contribution in [0.1, 0.15) is 33.9 Å². The highest BCUT2D eigenvalue weighted by atomic mass is 16.6. The molecule has 0 unspecified atom stereocenters. The molecule has 0 bridgehead atoms. The normalized spacial score (nSPS) is 21.0. The summed E-state index contributed by atoms with van der Waals surface area (Å²) in [7, 11) is 0. The molecule has 1 aliphatic rings. The van der Waals surface area contributed by atoms with Gasteiger partial charge in [-0.05, 0) is 34.4 Å². The first-order valence-corrected chi connectivity index (χ1v) is 15.9. The Morgan fingerprint density at radius 2 is 0.936 bits per heavy atom. The van der Waals surface area contributed by atoms with Crippen molar-refractivity contribution in [2.24, 2.45) is 0 Å². The van der Waals surface area contributed by atoms with Gasteiger partial charge in [0.2, 0.25) is 0 Å². The second-order valence-electron chi connectivity index (χ2n) is 11.6. The van der Waals surface area contributed by atoms with Crippen molar-refractivity contribution in [2.45, 2.75) is 56.9 Å². The Balaban J connectivity index is 1.36. The van der Waals surface area contributed by atoms with Crippen molar-refractivity contribution in [3.05, 3.63) is 167 Å². The predicted octanol–water partition coefficient (Wildman–Crippen LogP) is 7.51. The Bertz CT molecular complexity index is 1630. The third-order valence-corrected chi connectivity index (χ3v) is 8.20. The zero-order chi connectivity index (χ0) is 32.3. The van der Waals surface area contributed by atoms with Crippen molar-refractivity contribution in [2.75, 3.05) is 6.61 Å². The third kappa shape index (κ3) is 8.86. The van der Waals surface area contributed by atoms with E-state index in [1.807, 2.05) is 121 Å². The van der Waals surface area contributed by atoms with Crippen LogP contribution in [-0.2, 0) is 50.1 Å². The molecule has 0 saturated carbocycles. The van der Waals surface area contributed by atoms with Crippen molar-refractivity contribution in [3.8, 4) is 11.5 Å². The molecule has 7 nitrogen and oxygen atoms in total. The number of phenolic OH excluding ortho intramolecular Hbond substituents is 2. The van der Waals surface area contributed by atoms with E-state index in [0.29, 0.717) is 25.4 Å². The quantitative estimate of drug-likeness (QED) is 0.131. The zero-order valence-electron chi connectivity index (χ0n) is 26.1. The van der Waals surface area contributed by atoms with E-state index in [9.17, 15) is 10.2 Å². The monoisotopic (exact) mass is 632 g/mol. The van der Waals surface area contributed by atoms with Crippen LogP contribution in [0.5, 0.6) is 11.5 Å². The smallest absolute Gasteiger partial charge is 0.125 e. The van der Waals surface area contributed by atoms with Gasteiger partial charge in [0.05, 0.1) is 33.0 Å². The molecular formula is C40H40O7. The first-order valence-electron chi connectivity index (χ1n) is 15.9. The molecule has 0 radical (unpaired) electrons. The van der Waals surface area contributed by atoms with E-state index in [2.05, 4.69) is 0 Å². The fourth-order valence-electron chi connectivity index (χ4n) is 5.81. The van der Waals surface area contributed by atoms with Gasteiger partial charge in [0.25, 0.3) is 0 Å². The first kappa shape index (κ1) is 32.4. The van der Waals surface area contributed by atoms with E-state index in [4.69, 9.17) is 23.7 Å². The lowest BCUT2D eigenvalue weighted by Crippen LogP contribution is -2.58. The summed E-state index contributed by atoms with van der Waals surface area (Å²) in [5.74, 6) is -0.148. The molecule has 2 N–H and O–H groups in total. The Kier molecular flexibility index (Phi) is 11.3. The molecule has 1 heterocycles. The average Bonchev–Trinajstić information content (AvgIpc) is 3.11. The maximum Gasteiger partial charge on any atom is 0.125 e. The van der Waals surface area contributed by atoms with Gasteiger partial charge in [-0.2, -0.15) is 0 Å². The van der Waals surface area contributed by atoms with E-state index in [1.54, 1.807) is 6.07 Å². The molecule has 0 amide bonds. The van der Waals surface area contributed by atoms with E-state index in [-0.39, 0.29) is 24.7 Å². The maximum atomic E-state index is 11.1. The van der Waals surface area contributed by atoms with Crippen LogP contribution < -0.4 is 0 Å². The van der Waals surface area contributed by atoms with Crippen LogP contribution in [0.15, 0.2) is 140 Å². The molecule has 47 heavy (non-hydrogen) atoms. The van der Waals surface area contributed by atoms with Crippen LogP contribution in [-0.4, -0.2) is 41.2 Å². The molecule has 6 rings (SSSR count). The fraction of sp³-hybridized carbons (Fsp3) is 0.250. The number of hydrogen-bond donors (Lipinski definition) is 2. The summed E-state index contributed by atoms with van der Waals surface area (Å²) in [5.41, 5.74) is 4.52. The zero-order valence-corrected chi connectivity index (χ0v) is 26.1. The van der Waals surface area contributed by atoms with Crippen molar-refractivity contribution >= 4 is 0 Å². The molecule has 1 fully saturated rings. The Morgan fingerprint density at radius 1 is 0.489 bits per heavy atom. The highest BCUT2D eigenvalue weighted by molar-refractivity contribution is 5.41. The lowest BCUT2D eigenvalue weighted by atomic mass is 9.89. The number of phenols is 2. The largest absolute Gasteiger partial charge is 0.508 e. The molecule has 7 heteroatoms. The second kappa shape index (κ2) is 16.4. The van der Waals surface area contributed by atoms with E-state index >= 15 is 0 Å². The van der Waals surface area contributed by atoms with Gasteiger partial charge < -0.3 is 33.9 Å². The maximum absolute atomic E-state index is 11.1. The third-order valence-electron chi connectivity index (χ3n) is 8.20. The lowest BCUT2D eigenvalue weighted by Gasteiger charge is -2.46. The van der Waals surface area contributed by atoms with Crippen molar-refractivity contribution in [3.63, 3.8) is 0 Å². The van der Waals surface area contributed by atoms with Gasteiger partial charge in [-0.1, -0.05) is 121 Å². The van der Waals surface area contributed by atoms with Crippen molar-refractivity contribution in [1.29, 1.82) is 0 Å². The fourth-order valence-corrected chi connectivity index (χ4v) is 5.81. The Morgan fingerprint density at radius 3 is 1.43 bits per heavy atom. The molecule has 0 aromatic heterocycles. The minimum absolute atomic E-state index is 0.0486. The highest BCUT2D eigenvalue weighted by Crippen LogP contribution is 2.42. The minimum atomic E-state index is -0.762. The molecule has 242 valence electrons. The van der Waals surface area contributed by atoms with Crippen LogP contribution in [0.4, 0.5) is 0 Å². The lowest BCUT2D eigenvalue weighted by molar-refractivity contribution is -0.275. The van der Waals surface area contributed by atoms with Crippen LogP contribution in [0.2, 0.25) is 0 Å². The molecular weight excluding hydrogens is 592 g/mol. The first-order chi connectivity index (χ1) is 23.1. The summed E-state index contributed by atoms with van der Waals surface area (Å²) in [6.45, 7) is 1.53. The molecule has 5 aromatic carbocycles. The summed E-state index contributed by atoms with van der Waals surface area (Å²) >= 11 is 0. The van der Waals surface area contributed by atoms with Crippen molar-refractivity contribution < 1.29 is 33.9 Å². The summed E-state index contributed by atoms with van der Waals surface area (Å²) in [4.78, 5) is 0. The predicted molar refractivity (Wildman–Crippen MR) is 179 cm³/mol. The number of aromatic hydroxyl groups is 2. The van der Waals surface area contributed by atoms with Gasteiger partial charge in [0, 0.05) is 11.6 Å². The molecule has 0 spiro atoms. The van der Waals surface area contributed by atoms with Crippen LogP contribution >= 0.6 is 0 Å². The topological polar surface area (TPSA) is 86.6 Å². The number of ether oxygens (including phenoxy) is 5. The standard InChI is InChI=1S/C40H40O7/c41-33-21-22-34(35(42)23-33)37-39(45-26-31-17-9-3-10-18-31)40(46-27-32-19-11-4-12-20-32)38(44-25-30-15-7-2-8-16-30)36(47-37)28-43-24-29-13-5-1-6-14-29/h1-23,36-42H,24-28H2/t36-,37+,38-,39+,40+/m1/s1. The van der Waals surface area contributed by atoms with Gasteiger partial charge in [0.1, 0.15) is 42.0 Å². The summed E-state index contributed by atoms with van der Waals surface area (Å²) in [6.07, 6.45) is -3.26. The molecule has 0 aliphatic carbocycles. The van der Waals surface area contributed by atoms with Gasteiger partial charge in [0.15, 0.2) is 0 Å². The van der Waals surface area contributed by atoms with Gasteiger partial charge >= 0.3 is 0 Å². The highest BCUT2D eigenvalue weighted by Gasteiger charge is 2.49.